The second kappa shape index (κ2) is 7.23. The summed E-state index contributed by atoms with van der Waals surface area (Å²) in [7, 11) is 0. The highest BCUT2D eigenvalue weighted by Crippen LogP contribution is 2.30. The zero-order valence-corrected chi connectivity index (χ0v) is 13.5. The van der Waals surface area contributed by atoms with Gasteiger partial charge in [-0.1, -0.05) is 24.3 Å². The first-order valence-corrected chi connectivity index (χ1v) is 7.66. The maximum atomic E-state index is 12.7. The third-order valence-corrected chi connectivity index (χ3v) is 3.76. The van der Waals surface area contributed by atoms with E-state index < -0.39 is 11.7 Å². The molecule has 0 amide bonds. The van der Waals surface area contributed by atoms with Crippen LogP contribution in [-0.2, 0) is 12.7 Å². The van der Waals surface area contributed by atoms with Gasteiger partial charge in [-0.3, -0.25) is 0 Å². The lowest BCUT2D eigenvalue weighted by Crippen LogP contribution is -2.04. The van der Waals surface area contributed by atoms with E-state index in [1.54, 1.807) is 41.4 Å². The molecule has 0 saturated heterocycles. The molecule has 3 aromatic rings. The summed E-state index contributed by atoms with van der Waals surface area (Å²) < 4.78 is 39.7. The average molecular weight is 354 g/mol. The van der Waals surface area contributed by atoms with Crippen LogP contribution >= 0.6 is 0 Å². The average Bonchev–Trinajstić information content (AvgIpc) is 3.14. The molecule has 130 valence electrons. The molecule has 0 atom stereocenters. The molecule has 0 N–H and O–H groups in total. The van der Waals surface area contributed by atoms with Gasteiger partial charge in [0.15, 0.2) is 0 Å². The van der Waals surface area contributed by atoms with E-state index in [1.165, 1.54) is 18.5 Å². The molecule has 4 nitrogen and oxygen atoms in total. The summed E-state index contributed by atoms with van der Waals surface area (Å²) in [5.41, 5.74) is 2.16. The molecule has 26 heavy (non-hydrogen) atoms. The summed E-state index contributed by atoms with van der Waals surface area (Å²) in [5, 5.41) is 13.0. The minimum absolute atomic E-state index is 0.396. The molecule has 0 bridgehead atoms. The van der Waals surface area contributed by atoms with Crippen LogP contribution in [0.2, 0.25) is 0 Å². The largest absolute Gasteiger partial charge is 0.416 e. The van der Waals surface area contributed by atoms with Crippen molar-refractivity contribution in [2.24, 2.45) is 0 Å². The van der Waals surface area contributed by atoms with E-state index in [-0.39, 0.29) is 0 Å². The smallest absolute Gasteiger partial charge is 0.249 e. The van der Waals surface area contributed by atoms with Gasteiger partial charge in [0.2, 0.25) is 0 Å². The van der Waals surface area contributed by atoms with Gasteiger partial charge < -0.3 is 0 Å². The number of alkyl halides is 3. The Morgan fingerprint density at radius 1 is 1.08 bits per heavy atom. The zero-order chi connectivity index (χ0) is 18.6. The van der Waals surface area contributed by atoms with Gasteiger partial charge in [0.1, 0.15) is 12.7 Å². The van der Waals surface area contributed by atoms with Crippen molar-refractivity contribution in [2.75, 3.05) is 0 Å². The second-order valence-electron chi connectivity index (χ2n) is 5.57. The number of nitriles is 1. The van der Waals surface area contributed by atoms with Crippen molar-refractivity contribution in [2.45, 2.75) is 12.7 Å². The van der Waals surface area contributed by atoms with Gasteiger partial charge in [0, 0.05) is 0 Å². The normalized spacial score (nSPS) is 12.0. The second-order valence-corrected chi connectivity index (χ2v) is 5.57. The minimum Gasteiger partial charge on any atom is -0.249 e. The summed E-state index contributed by atoms with van der Waals surface area (Å²) in [5.74, 6) is 0. The highest BCUT2D eigenvalue weighted by Gasteiger charge is 2.29. The van der Waals surface area contributed by atoms with E-state index in [4.69, 9.17) is 5.26 Å². The monoisotopic (exact) mass is 354 g/mol. The highest BCUT2D eigenvalue weighted by molar-refractivity contribution is 5.81. The molecule has 0 radical (unpaired) electrons. The van der Waals surface area contributed by atoms with Gasteiger partial charge in [-0.25, -0.2) is 9.67 Å². The molecule has 0 fully saturated rings. The summed E-state index contributed by atoms with van der Waals surface area (Å²) in [6.07, 6.45) is 0.404. The predicted molar refractivity (Wildman–Crippen MR) is 90.5 cm³/mol. The van der Waals surface area contributed by atoms with Gasteiger partial charge in [-0.2, -0.15) is 23.5 Å². The van der Waals surface area contributed by atoms with E-state index in [2.05, 4.69) is 16.2 Å². The fourth-order valence-electron chi connectivity index (χ4n) is 2.44. The van der Waals surface area contributed by atoms with Crippen LogP contribution in [0.15, 0.2) is 61.2 Å². The Kier molecular flexibility index (Phi) is 4.85. The molecule has 1 heterocycles. The molecular formula is C19H13F3N4. The summed E-state index contributed by atoms with van der Waals surface area (Å²) in [4.78, 5) is 3.90. The summed E-state index contributed by atoms with van der Waals surface area (Å²) >= 11 is 0. The standard InChI is InChI=1S/C19H13F3N4/c20-19(21,22)18-7-3-14(4-8-18)9-17(11-26-13-24-12-25-26)16-5-1-15(10-23)2-6-16/h1-9,12-13H,11H2/b17-9-. The fraction of sp³-hybridized carbons (Fsp3) is 0.105. The van der Waals surface area contributed by atoms with Gasteiger partial charge in [0.25, 0.3) is 0 Å². The molecule has 0 unspecified atom stereocenters. The van der Waals surface area contributed by atoms with E-state index in [0.29, 0.717) is 17.7 Å². The molecule has 7 heteroatoms. The molecule has 0 aliphatic heterocycles. The third kappa shape index (κ3) is 4.16. The first-order valence-electron chi connectivity index (χ1n) is 7.66. The van der Waals surface area contributed by atoms with Crippen LogP contribution in [0.4, 0.5) is 13.2 Å². The molecule has 0 aliphatic rings. The molecule has 2 aromatic carbocycles. The zero-order valence-electron chi connectivity index (χ0n) is 13.5. The van der Waals surface area contributed by atoms with E-state index in [1.807, 2.05) is 0 Å². The number of allylic oxidation sites excluding steroid dienone is 1. The van der Waals surface area contributed by atoms with Crippen molar-refractivity contribution in [1.82, 2.24) is 14.8 Å². The Morgan fingerprint density at radius 3 is 2.31 bits per heavy atom. The highest BCUT2D eigenvalue weighted by atomic mass is 19.4. The van der Waals surface area contributed by atoms with Gasteiger partial charge >= 0.3 is 6.18 Å². The molecule has 0 saturated carbocycles. The van der Waals surface area contributed by atoms with Crippen LogP contribution in [-0.4, -0.2) is 14.8 Å². The van der Waals surface area contributed by atoms with Crippen molar-refractivity contribution in [3.63, 3.8) is 0 Å². The lowest BCUT2D eigenvalue weighted by Gasteiger charge is -2.10. The van der Waals surface area contributed by atoms with Gasteiger partial charge in [-0.05, 0) is 47.0 Å². The van der Waals surface area contributed by atoms with Crippen molar-refractivity contribution < 1.29 is 13.2 Å². The number of hydrogen-bond donors (Lipinski definition) is 0. The first kappa shape index (κ1) is 17.4. The number of benzene rings is 2. The molecular weight excluding hydrogens is 341 g/mol. The Bertz CT molecular complexity index is 932. The summed E-state index contributed by atoms with van der Waals surface area (Å²) in [6.45, 7) is 0.396. The van der Waals surface area contributed by atoms with E-state index in [0.717, 1.165) is 23.3 Å². The SMILES string of the molecule is N#Cc1ccc(/C(=C\c2ccc(C(F)(F)F)cc2)Cn2cncn2)cc1. The van der Waals surface area contributed by atoms with E-state index >= 15 is 0 Å². The maximum Gasteiger partial charge on any atom is 0.416 e. The Morgan fingerprint density at radius 2 is 1.77 bits per heavy atom. The van der Waals surface area contributed by atoms with Gasteiger partial charge in [-0.15, -0.1) is 0 Å². The lowest BCUT2D eigenvalue weighted by atomic mass is 10.0. The molecule has 3 rings (SSSR count). The van der Waals surface area contributed by atoms with Crippen LogP contribution in [0.1, 0.15) is 22.3 Å². The van der Waals surface area contributed by atoms with E-state index in [9.17, 15) is 13.2 Å². The van der Waals surface area contributed by atoms with Crippen LogP contribution in [0, 0.1) is 11.3 Å². The number of nitrogens with zero attached hydrogens (tertiary/aromatic N) is 4. The Balaban J connectivity index is 1.96. The lowest BCUT2D eigenvalue weighted by molar-refractivity contribution is -0.137. The van der Waals surface area contributed by atoms with Crippen LogP contribution in [0.5, 0.6) is 0 Å². The topological polar surface area (TPSA) is 54.5 Å². The Labute approximate surface area is 147 Å². The van der Waals surface area contributed by atoms with Crippen molar-refractivity contribution in [1.29, 1.82) is 5.26 Å². The van der Waals surface area contributed by atoms with Crippen LogP contribution in [0.3, 0.4) is 0 Å². The van der Waals surface area contributed by atoms with Crippen molar-refractivity contribution >= 4 is 11.6 Å². The predicted octanol–water partition coefficient (Wildman–Crippen LogP) is 4.41. The quantitative estimate of drug-likeness (QED) is 0.652. The first-order chi connectivity index (χ1) is 12.5. The number of aromatic nitrogens is 3. The third-order valence-electron chi connectivity index (χ3n) is 3.76. The van der Waals surface area contributed by atoms with Crippen LogP contribution < -0.4 is 0 Å². The Hall–Kier alpha value is -3.40. The van der Waals surface area contributed by atoms with Crippen molar-refractivity contribution in [3.8, 4) is 6.07 Å². The minimum atomic E-state index is -4.36. The number of halogens is 3. The summed E-state index contributed by atoms with van der Waals surface area (Å²) in [6, 6.07) is 14.0. The van der Waals surface area contributed by atoms with Crippen molar-refractivity contribution in [3.05, 3.63) is 83.4 Å². The van der Waals surface area contributed by atoms with Crippen LogP contribution in [0.25, 0.3) is 11.6 Å². The number of hydrogen-bond acceptors (Lipinski definition) is 3. The molecule has 0 spiro atoms. The molecule has 1 aromatic heterocycles. The fourth-order valence-corrected chi connectivity index (χ4v) is 2.44. The number of rotatable bonds is 4. The maximum absolute atomic E-state index is 12.7. The van der Waals surface area contributed by atoms with Gasteiger partial charge in [0.05, 0.1) is 23.7 Å². The molecule has 0 aliphatic carbocycles.